The molecule has 0 saturated carbocycles. The molecule has 128 valence electrons. The third-order valence-corrected chi connectivity index (χ3v) is 4.29. The second kappa shape index (κ2) is 9.16. The summed E-state index contributed by atoms with van der Waals surface area (Å²) in [6, 6.07) is 10.4. The van der Waals surface area contributed by atoms with Gasteiger partial charge in [0.05, 0.1) is 12.1 Å². The van der Waals surface area contributed by atoms with Crippen molar-refractivity contribution in [3.05, 3.63) is 36.5 Å². The standard InChI is InChI=1S/C17H23N3O.2ClH/c1-14(19-10-6-3-7-11-19)12-20-13-16(17(21)18-20)15-8-4-2-5-9-15;;/h2,4-5,8-9,13-14H,3,6-7,10-12H2,1H3,(H,18,21);2*1H. The number of halogens is 2. The highest BCUT2D eigenvalue weighted by atomic mass is 35.5. The summed E-state index contributed by atoms with van der Waals surface area (Å²) in [5.41, 5.74) is 1.81. The molecule has 1 aromatic carbocycles. The van der Waals surface area contributed by atoms with Gasteiger partial charge >= 0.3 is 0 Å². The van der Waals surface area contributed by atoms with E-state index >= 15 is 0 Å². The number of piperidine rings is 1. The van der Waals surface area contributed by atoms with Crippen molar-refractivity contribution in [2.24, 2.45) is 0 Å². The van der Waals surface area contributed by atoms with Crippen LogP contribution < -0.4 is 0 Å². The van der Waals surface area contributed by atoms with Crippen molar-refractivity contribution in [2.45, 2.75) is 38.8 Å². The summed E-state index contributed by atoms with van der Waals surface area (Å²) >= 11 is 0. The topological polar surface area (TPSA) is 41.3 Å². The highest BCUT2D eigenvalue weighted by Gasteiger charge is 2.18. The van der Waals surface area contributed by atoms with Crippen molar-refractivity contribution in [3.63, 3.8) is 0 Å². The predicted octanol–water partition coefficient (Wildman–Crippen LogP) is 3.97. The van der Waals surface area contributed by atoms with E-state index in [4.69, 9.17) is 0 Å². The first-order chi connectivity index (χ1) is 10.2. The number of benzene rings is 1. The maximum atomic E-state index is 10.1. The van der Waals surface area contributed by atoms with Gasteiger partial charge in [-0.2, -0.15) is 0 Å². The molecule has 4 nitrogen and oxygen atoms in total. The molecule has 1 aromatic heterocycles. The summed E-state index contributed by atoms with van der Waals surface area (Å²) < 4.78 is 1.87. The Morgan fingerprint density at radius 3 is 2.39 bits per heavy atom. The lowest BCUT2D eigenvalue weighted by Gasteiger charge is -2.32. The molecule has 1 N–H and O–H groups in total. The van der Waals surface area contributed by atoms with Crippen LogP contribution >= 0.6 is 24.8 Å². The van der Waals surface area contributed by atoms with E-state index in [1.807, 2.05) is 41.2 Å². The summed E-state index contributed by atoms with van der Waals surface area (Å²) in [7, 11) is 0. The van der Waals surface area contributed by atoms with Gasteiger partial charge < -0.3 is 5.11 Å². The Morgan fingerprint density at radius 1 is 1.09 bits per heavy atom. The largest absolute Gasteiger partial charge is 0.492 e. The third-order valence-electron chi connectivity index (χ3n) is 4.29. The van der Waals surface area contributed by atoms with Crippen LogP contribution in [-0.2, 0) is 6.54 Å². The molecule has 6 heteroatoms. The van der Waals surface area contributed by atoms with Gasteiger partial charge in [0, 0.05) is 12.2 Å². The van der Waals surface area contributed by atoms with Gasteiger partial charge in [0.2, 0.25) is 5.88 Å². The SMILES string of the molecule is CC(Cn1cc(-c2ccccc2)c(O)n1)N1CCCCC1.Cl.Cl. The molecule has 2 aromatic rings. The number of aromatic nitrogens is 2. The van der Waals surface area contributed by atoms with Crippen LogP contribution in [0.4, 0.5) is 0 Å². The molecular weight excluding hydrogens is 333 g/mol. The summed E-state index contributed by atoms with van der Waals surface area (Å²) in [5, 5.41) is 14.3. The molecular formula is C17H25Cl2N3O. The normalized spacial score (nSPS) is 16.2. The van der Waals surface area contributed by atoms with Crippen LogP contribution in [0.25, 0.3) is 11.1 Å². The molecule has 1 aliphatic rings. The van der Waals surface area contributed by atoms with Crippen LogP contribution in [0, 0.1) is 0 Å². The predicted molar refractivity (Wildman–Crippen MR) is 98.7 cm³/mol. The number of likely N-dealkylation sites (tertiary alicyclic amines) is 1. The molecule has 1 atom stereocenters. The van der Waals surface area contributed by atoms with Crippen molar-refractivity contribution in [3.8, 4) is 17.0 Å². The second-order valence-electron chi connectivity index (χ2n) is 5.90. The van der Waals surface area contributed by atoms with Crippen molar-refractivity contribution < 1.29 is 5.11 Å². The van der Waals surface area contributed by atoms with Gasteiger partial charge in [-0.05, 0) is 38.4 Å². The van der Waals surface area contributed by atoms with Gasteiger partial charge in [-0.15, -0.1) is 29.9 Å². The van der Waals surface area contributed by atoms with Crippen LogP contribution in [0.2, 0.25) is 0 Å². The highest BCUT2D eigenvalue weighted by molar-refractivity contribution is 5.85. The Balaban J connectivity index is 0.00000132. The van der Waals surface area contributed by atoms with Gasteiger partial charge in [0.15, 0.2) is 0 Å². The minimum Gasteiger partial charge on any atom is -0.492 e. The van der Waals surface area contributed by atoms with E-state index in [0.717, 1.165) is 17.7 Å². The second-order valence-corrected chi connectivity index (χ2v) is 5.90. The smallest absolute Gasteiger partial charge is 0.238 e. The molecule has 0 amide bonds. The molecule has 1 fully saturated rings. The Morgan fingerprint density at radius 2 is 1.74 bits per heavy atom. The van der Waals surface area contributed by atoms with E-state index in [-0.39, 0.29) is 30.7 Å². The Hall–Kier alpha value is -1.23. The van der Waals surface area contributed by atoms with E-state index in [1.165, 1.54) is 32.4 Å². The Kier molecular flexibility index (Phi) is 7.89. The van der Waals surface area contributed by atoms with E-state index in [9.17, 15) is 5.11 Å². The molecule has 0 radical (unpaired) electrons. The van der Waals surface area contributed by atoms with Crippen LogP contribution in [0.1, 0.15) is 26.2 Å². The van der Waals surface area contributed by atoms with Gasteiger partial charge in [0.1, 0.15) is 0 Å². The van der Waals surface area contributed by atoms with Crippen LogP contribution in [0.15, 0.2) is 36.5 Å². The molecule has 2 heterocycles. The van der Waals surface area contributed by atoms with Crippen molar-refractivity contribution in [2.75, 3.05) is 13.1 Å². The zero-order valence-corrected chi connectivity index (χ0v) is 15.0. The Labute approximate surface area is 150 Å². The van der Waals surface area contributed by atoms with Crippen LogP contribution in [0.3, 0.4) is 0 Å². The molecule has 0 bridgehead atoms. The number of aromatic hydroxyl groups is 1. The molecule has 1 aliphatic heterocycles. The van der Waals surface area contributed by atoms with Crippen molar-refractivity contribution in [1.29, 1.82) is 0 Å². The highest BCUT2D eigenvalue weighted by Crippen LogP contribution is 2.27. The van der Waals surface area contributed by atoms with E-state index in [2.05, 4.69) is 16.9 Å². The zero-order valence-electron chi connectivity index (χ0n) is 13.4. The van der Waals surface area contributed by atoms with E-state index in [1.54, 1.807) is 0 Å². The molecule has 0 spiro atoms. The fourth-order valence-corrected chi connectivity index (χ4v) is 3.07. The summed E-state index contributed by atoms with van der Waals surface area (Å²) in [5.74, 6) is 0.118. The zero-order chi connectivity index (χ0) is 14.7. The summed E-state index contributed by atoms with van der Waals surface area (Å²) in [4.78, 5) is 2.52. The van der Waals surface area contributed by atoms with Crippen LogP contribution in [0.5, 0.6) is 5.88 Å². The number of hydrogen-bond acceptors (Lipinski definition) is 3. The maximum Gasteiger partial charge on any atom is 0.238 e. The van der Waals surface area contributed by atoms with Gasteiger partial charge in [0.25, 0.3) is 0 Å². The third kappa shape index (κ3) is 4.87. The summed E-state index contributed by atoms with van der Waals surface area (Å²) in [6.07, 6.45) is 5.89. The van der Waals surface area contributed by atoms with Crippen molar-refractivity contribution >= 4 is 24.8 Å². The van der Waals surface area contributed by atoms with Gasteiger partial charge in [-0.25, -0.2) is 0 Å². The average molecular weight is 358 g/mol. The Bertz CT molecular complexity index is 583. The first kappa shape index (κ1) is 19.8. The lowest BCUT2D eigenvalue weighted by Crippen LogP contribution is -2.39. The first-order valence-corrected chi connectivity index (χ1v) is 7.80. The fourth-order valence-electron chi connectivity index (χ4n) is 3.07. The van der Waals surface area contributed by atoms with E-state index in [0.29, 0.717) is 6.04 Å². The molecule has 23 heavy (non-hydrogen) atoms. The number of nitrogens with zero attached hydrogens (tertiary/aromatic N) is 3. The monoisotopic (exact) mass is 357 g/mol. The first-order valence-electron chi connectivity index (χ1n) is 7.80. The molecule has 1 unspecified atom stereocenters. The fraction of sp³-hybridized carbons (Fsp3) is 0.471. The number of hydrogen-bond donors (Lipinski definition) is 1. The van der Waals surface area contributed by atoms with E-state index < -0.39 is 0 Å². The lowest BCUT2D eigenvalue weighted by atomic mass is 10.1. The average Bonchev–Trinajstić information content (AvgIpc) is 2.89. The quantitative estimate of drug-likeness (QED) is 0.899. The van der Waals surface area contributed by atoms with Gasteiger partial charge in [-0.1, -0.05) is 36.8 Å². The molecule has 1 saturated heterocycles. The minimum atomic E-state index is 0. The number of rotatable bonds is 4. The molecule has 3 rings (SSSR count). The lowest BCUT2D eigenvalue weighted by molar-refractivity contribution is 0.156. The summed E-state index contributed by atoms with van der Waals surface area (Å²) in [6.45, 7) is 5.42. The maximum absolute atomic E-state index is 10.1. The van der Waals surface area contributed by atoms with Crippen molar-refractivity contribution in [1.82, 2.24) is 14.7 Å². The molecule has 0 aliphatic carbocycles. The van der Waals surface area contributed by atoms with Crippen LogP contribution in [-0.4, -0.2) is 38.9 Å². The van der Waals surface area contributed by atoms with Gasteiger partial charge in [-0.3, -0.25) is 9.58 Å². The minimum absolute atomic E-state index is 0.